The van der Waals surface area contributed by atoms with Crippen molar-refractivity contribution in [3.05, 3.63) is 54.1 Å². The average Bonchev–Trinajstić information content (AvgIpc) is 2.68. The molecule has 0 radical (unpaired) electrons. The summed E-state index contributed by atoms with van der Waals surface area (Å²) < 4.78 is 5.75. The van der Waals surface area contributed by atoms with Gasteiger partial charge in [-0.15, -0.1) is 11.8 Å². The van der Waals surface area contributed by atoms with Gasteiger partial charge in [0.2, 0.25) is 0 Å². The van der Waals surface area contributed by atoms with Crippen molar-refractivity contribution >= 4 is 23.4 Å². The molecule has 5 heteroatoms. The van der Waals surface area contributed by atoms with Crippen LogP contribution in [0.15, 0.2) is 53.4 Å². The minimum atomic E-state index is 0.119. The second-order valence-electron chi connectivity index (χ2n) is 6.87. The Morgan fingerprint density at radius 2 is 1.70 bits per heavy atom. The van der Waals surface area contributed by atoms with Crippen molar-refractivity contribution in [2.75, 3.05) is 37.7 Å². The lowest BCUT2D eigenvalue weighted by Gasteiger charge is -2.36. The third-order valence-electron chi connectivity index (χ3n) is 4.55. The second kappa shape index (κ2) is 9.18. The van der Waals surface area contributed by atoms with Crippen molar-refractivity contribution in [3.8, 4) is 5.75 Å². The number of carbonyl (C=O) groups is 1. The summed E-state index contributed by atoms with van der Waals surface area (Å²) in [5.41, 5.74) is 1.88. The molecular weight excluding hydrogens is 356 g/mol. The van der Waals surface area contributed by atoms with Crippen LogP contribution in [0.1, 0.15) is 31.1 Å². The maximum Gasteiger partial charge on any atom is 0.253 e. The van der Waals surface area contributed by atoms with Crippen LogP contribution in [-0.2, 0) is 0 Å². The van der Waals surface area contributed by atoms with Gasteiger partial charge < -0.3 is 14.5 Å². The number of para-hydroxylation sites is 2. The zero-order chi connectivity index (χ0) is 19.2. The van der Waals surface area contributed by atoms with Crippen LogP contribution in [-0.4, -0.2) is 48.8 Å². The molecule has 0 N–H and O–H groups in total. The summed E-state index contributed by atoms with van der Waals surface area (Å²) >= 11 is 1.81. The summed E-state index contributed by atoms with van der Waals surface area (Å²) in [4.78, 5) is 18.3. The Balaban J connectivity index is 1.61. The molecule has 2 aromatic carbocycles. The van der Waals surface area contributed by atoms with Gasteiger partial charge in [-0.25, -0.2) is 0 Å². The first-order valence-electron chi connectivity index (χ1n) is 9.61. The molecule has 0 spiro atoms. The number of hydrogen-bond acceptors (Lipinski definition) is 4. The first-order valence-corrected chi connectivity index (χ1v) is 10.5. The van der Waals surface area contributed by atoms with E-state index in [1.165, 1.54) is 4.90 Å². The largest absolute Gasteiger partial charge is 0.492 e. The van der Waals surface area contributed by atoms with Crippen LogP contribution in [0.25, 0.3) is 0 Å². The topological polar surface area (TPSA) is 32.8 Å². The second-order valence-corrected chi connectivity index (χ2v) is 8.52. The van der Waals surface area contributed by atoms with Crippen molar-refractivity contribution in [1.82, 2.24) is 4.90 Å². The molecule has 144 valence electrons. The lowest BCUT2D eigenvalue weighted by atomic mass is 10.1. The predicted octanol–water partition coefficient (Wildman–Crippen LogP) is 4.55. The summed E-state index contributed by atoms with van der Waals surface area (Å²) in [7, 11) is 0. The lowest BCUT2D eigenvalue weighted by Crippen LogP contribution is -2.48. The number of ether oxygens (including phenoxy) is 1. The molecule has 2 aromatic rings. The molecule has 3 rings (SSSR count). The molecule has 1 amide bonds. The van der Waals surface area contributed by atoms with Crippen LogP contribution in [0.3, 0.4) is 0 Å². The van der Waals surface area contributed by atoms with E-state index in [2.05, 4.69) is 24.8 Å². The van der Waals surface area contributed by atoms with E-state index in [0.717, 1.165) is 43.2 Å². The van der Waals surface area contributed by atoms with Gasteiger partial charge in [0, 0.05) is 41.9 Å². The van der Waals surface area contributed by atoms with Crippen LogP contribution in [0.5, 0.6) is 5.75 Å². The molecule has 27 heavy (non-hydrogen) atoms. The maximum atomic E-state index is 12.8. The molecule has 1 saturated heterocycles. The fraction of sp³-hybridized carbons (Fsp3) is 0.409. The third kappa shape index (κ3) is 4.98. The van der Waals surface area contributed by atoms with Gasteiger partial charge in [-0.3, -0.25) is 4.79 Å². The highest BCUT2D eigenvalue weighted by Gasteiger charge is 2.23. The molecule has 0 aliphatic carbocycles. The van der Waals surface area contributed by atoms with E-state index >= 15 is 0 Å². The molecule has 1 heterocycles. The summed E-state index contributed by atoms with van der Waals surface area (Å²) in [5, 5.41) is 0.541. The summed E-state index contributed by atoms with van der Waals surface area (Å²) in [6, 6.07) is 16.1. The number of thioether (sulfide) groups is 1. The Morgan fingerprint density at radius 1 is 1.04 bits per heavy atom. The quantitative estimate of drug-likeness (QED) is 0.684. The number of piperazine rings is 1. The lowest BCUT2D eigenvalue weighted by molar-refractivity contribution is 0.0746. The van der Waals surface area contributed by atoms with E-state index in [1.54, 1.807) is 0 Å². The van der Waals surface area contributed by atoms with Gasteiger partial charge in [0.15, 0.2) is 0 Å². The molecule has 1 aliphatic heterocycles. The minimum Gasteiger partial charge on any atom is -0.492 e. The number of amides is 1. The predicted molar refractivity (Wildman–Crippen MR) is 113 cm³/mol. The fourth-order valence-corrected chi connectivity index (χ4v) is 4.11. The summed E-state index contributed by atoms with van der Waals surface area (Å²) in [6.07, 6.45) is 0. The van der Waals surface area contributed by atoms with Gasteiger partial charge in [0.25, 0.3) is 5.91 Å². The van der Waals surface area contributed by atoms with E-state index in [1.807, 2.05) is 66.1 Å². The molecule has 1 fully saturated rings. The first kappa shape index (κ1) is 19.6. The number of nitrogens with zero attached hydrogens (tertiary/aromatic N) is 2. The van der Waals surface area contributed by atoms with Crippen LogP contribution in [0, 0.1) is 0 Å². The van der Waals surface area contributed by atoms with Crippen LogP contribution in [0.2, 0.25) is 0 Å². The standard InChI is InChI=1S/C22H28N2O2S/c1-4-26-21-8-6-5-7-20(21)23-13-15-24(16-14-23)22(25)18-9-11-19(12-10-18)27-17(2)3/h5-12,17H,4,13-16H2,1-3H3. The van der Waals surface area contributed by atoms with Crippen molar-refractivity contribution in [3.63, 3.8) is 0 Å². The van der Waals surface area contributed by atoms with Crippen molar-refractivity contribution in [2.24, 2.45) is 0 Å². The number of rotatable bonds is 6. The van der Waals surface area contributed by atoms with Crippen molar-refractivity contribution < 1.29 is 9.53 Å². The summed E-state index contributed by atoms with van der Waals surface area (Å²) in [6.45, 7) is 10.1. The average molecular weight is 385 g/mol. The van der Waals surface area contributed by atoms with Gasteiger partial charge in [0.05, 0.1) is 12.3 Å². The van der Waals surface area contributed by atoms with Crippen LogP contribution < -0.4 is 9.64 Å². The Bertz CT molecular complexity index is 753. The zero-order valence-electron chi connectivity index (χ0n) is 16.4. The SMILES string of the molecule is CCOc1ccccc1N1CCN(C(=O)c2ccc(SC(C)C)cc2)CC1. The molecule has 1 aliphatic rings. The number of carbonyl (C=O) groups excluding carboxylic acids is 1. The van der Waals surface area contributed by atoms with Crippen LogP contribution in [0.4, 0.5) is 5.69 Å². The Hall–Kier alpha value is -2.14. The Morgan fingerprint density at radius 3 is 2.33 bits per heavy atom. The van der Waals surface area contributed by atoms with Gasteiger partial charge in [0.1, 0.15) is 5.75 Å². The molecule has 0 aromatic heterocycles. The Kier molecular flexibility index (Phi) is 6.67. The third-order valence-corrected chi connectivity index (χ3v) is 5.56. The highest BCUT2D eigenvalue weighted by Crippen LogP contribution is 2.29. The van der Waals surface area contributed by atoms with E-state index in [-0.39, 0.29) is 5.91 Å². The maximum absolute atomic E-state index is 12.8. The smallest absolute Gasteiger partial charge is 0.253 e. The van der Waals surface area contributed by atoms with Crippen LogP contribution >= 0.6 is 11.8 Å². The fourth-order valence-electron chi connectivity index (χ4n) is 3.28. The number of hydrogen-bond donors (Lipinski definition) is 0. The van der Waals surface area contributed by atoms with Crippen molar-refractivity contribution in [1.29, 1.82) is 0 Å². The molecule has 0 bridgehead atoms. The molecule has 0 saturated carbocycles. The molecular formula is C22H28N2O2S. The van der Waals surface area contributed by atoms with Gasteiger partial charge in [-0.05, 0) is 43.3 Å². The van der Waals surface area contributed by atoms with Gasteiger partial charge in [-0.2, -0.15) is 0 Å². The monoisotopic (exact) mass is 384 g/mol. The Labute approximate surface area is 166 Å². The first-order chi connectivity index (χ1) is 13.1. The molecule has 0 atom stereocenters. The normalized spacial score (nSPS) is 14.5. The van der Waals surface area contributed by atoms with Gasteiger partial charge >= 0.3 is 0 Å². The highest BCUT2D eigenvalue weighted by atomic mass is 32.2. The van der Waals surface area contributed by atoms with E-state index in [9.17, 15) is 4.79 Å². The highest BCUT2D eigenvalue weighted by molar-refractivity contribution is 7.99. The van der Waals surface area contributed by atoms with Crippen molar-refractivity contribution in [2.45, 2.75) is 30.9 Å². The minimum absolute atomic E-state index is 0.119. The van der Waals surface area contributed by atoms with E-state index in [4.69, 9.17) is 4.74 Å². The summed E-state index contributed by atoms with van der Waals surface area (Å²) in [5.74, 6) is 1.03. The number of anilines is 1. The molecule has 4 nitrogen and oxygen atoms in total. The van der Waals surface area contributed by atoms with E-state index in [0.29, 0.717) is 11.9 Å². The van der Waals surface area contributed by atoms with Gasteiger partial charge in [-0.1, -0.05) is 26.0 Å². The molecule has 0 unspecified atom stereocenters. The van der Waals surface area contributed by atoms with E-state index < -0.39 is 0 Å². The number of benzene rings is 2. The zero-order valence-corrected chi connectivity index (χ0v) is 17.2.